The average molecular weight is 276 g/mol. The van der Waals surface area contributed by atoms with Crippen molar-refractivity contribution >= 4 is 0 Å². The molecule has 0 atom stereocenters. The largest absolute Gasteiger partial charge is 0.313 e. The minimum atomic E-state index is 0.721. The van der Waals surface area contributed by atoms with Gasteiger partial charge in [-0.3, -0.25) is 4.90 Å². The zero-order chi connectivity index (χ0) is 15.0. The van der Waals surface area contributed by atoms with Crippen molar-refractivity contribution in [3.8, 4) is 0 Å². The molecule has 1 N–H and O–H groups in total. The quantitative estimate of drug-likeness (QED) is 0.735. The number of hydrogen-bond acceptors (Lipinski definition) is 2. The fourth-order valence-corrected chi connectivity index (χ4v) is 2.60. The predicted molar refractivity (Wildman–Crippen MR) is 88.8 cm³/mol. The molecule has 1 rings (SSSR count). The molecule has 0 aromatic heterocycles. The van der Waals surface area contributed by atoms with E-state index < -0.39 is 0 Å². The van der Waals surface area contributed by atoms with Crippen molar-refractivity contribution < 1.29 is 0 Å². The van der Waals surface area contributed by atoms with Gasteiger partial charge in [0, 0.05) is 26.2 Å². The smallest absolute Gasteiger partial charge is 0.0234 e. The summed E-state index contributed by atoms with van der Waals surface area (Å²) in [6, 6.07) is 8.99. The SMILES string of the molecule is CCNCc1cccc(CN(CC(C)C)CC(C)C)c1. The summed E-state index contributed by atoms with van der Waals surface area (Å²) in [5, 5.41) is 3.40. The first kappa shape index (κ1) is 17.2. The Labute approximate surface area is 125 Å². The highest BCUT2D eigenvalue weighted by molar-refractivity contribution is 5.23. The monoisotopic (exact) mass is 276 g/mol. The third-order valence-electron chi connectivity index (χ3n) is 3.22. The molecule has 0 aliphatic carbocycles. The summed E-state index contributed by atoms with van der Waals surface area (Å²) in [4.78, 5) is 2.59. The maximum Gasteiger partial charge on any atom is 0.0234 e. The van der Waals surface area contributed by atoms with Crippen LogP contribution in [0.25, 0.3) is 0 Å². The fraction of sp³-hybridized carbons (Fsp3) is 0.667. The zero-order valence-corrected chi connectivity index (χ0v) is 13.9. The van der Waals surface area contributed by atoms with Gasteiger partial charge in [0.25, 0.3) is 0 Å². The van der Waals surface area contributed by atoms with E-state index in [4.69, 9.17) is 0 Å². The Morgan fingerprint density at radius 2 is 1.60 bits per heavy atom. The van der Waals surface area contributed by atoms with Gasteiger partial charge in [-0.15, -0.1) is 0 Å². The molecular formula is C18H32N2. The van der Waals surface area contributed by atoms with E-state index >= 15 is 0 Å². The van der Waals surface area contributed by atoms with Crippen LogP contribution in [0.2, 0.25) is 0 Å². The number of hydrogen-bond donors (Lipinski definition) is 1. The summed E-state index contributed by atoms with van der Waals surface area (Å²) in [6.07, 6.45) is 0. The van der Waals surface area contributed by atoms with E-state index in [1.807, 2.05) is 0 Å². The molecule has 20 heavy (non-hydrogen) atoms. The highest BCUT2D eigenvalue weighted by Gasteiger charge is 2.10. The van der Waals surface area contributed by atoms with Crippen LogP contribution < -0.4 is 5.32 Å². The molecule has 0 spiro atoms. The Balaban J connectivity index is 2.66. The van der Waals surface area contributed by atoms with Gasteiger partial charge >= 0.3 is 0 Å². The Bertz CT molecular complexity index is 361. The Kier molecular flexibility index (Phi) is 7.86. The molecule has 0 amide bonds. The molecule has 0 unspecified atom stereocenters. The van der Waals surface area contributed by atoms with Crippen molar-refractivity contribution in [1.29, 1.82) is 0 Å². The molecule has 0 saturated heterocycles. The van der Waals surface area contributed by atoms with E-state index in [0.717, 1.165) is 31.5 Å². The van der Waals surface area contributed by atoms with Crippen LogP contribution in [0.15, 0.2) is 24.3 Å². The van der Waals surface area contributed by atoms with Crippen molar-refractivity contribution in [2.75, 3.05) is 19.6 Å². The van der Waals surface area contributed by atoms with E-state index in [2.05, 4.69) is 69.1 Å². The molecule has 2 nitrogen and oxygen atoms in total. The second-order valence-corrected chi connectivity index (χ2v) is 6.58. The second kappa shape index (κ2) is 9.15. The van der Waals surface area contributed by atoms with Crippen LogP contribution in [-0.2, 0) is 13.1 Å². The maximum atomic E-state index is 3.40. The minimum absolute atomic E-state index is 0.721. The van der Waals surface area contributed by atoms with Crippen LogP contribution in [-0.4, -0.2) is 24.5 Å². The van der Waals surface area contributed by atoms with Gasteiger partial charge in [0.05, 0.1) is 0 Å². The minimum Gasteiger partial charge on any atom is -0.313 e. The Morgan fingerprint density at radius 1 is 1.00 bits per heavy atom. The topological polar surface area (TPSA) is 15.3 Å². The molecule has 0 aliphatic heterocycles. The van der Waals surface area contributed by atoms with Crippen molar-refractivity contribution in [1.82, 2.24) is 10.2 Å². The first-order chi connectivity index (χ1) is 9.51. The molecule has 0 radical (unpaired) electrons. The Hall–Kier alpha value is -0.860. The number of nitrogens with one attached hydrogen (secondary N) is 1. The van der Waals surface area contributed by atoms with Crippen molar-refractivity contribution in [2.45, 2.75) is 47.7 Å². The zero-order valence-electron chi connectivity index (χ0n) is 13.9. The molecule has 0 bridgehead atoms. The molecule has 0 fully saturated rings. The van der Waals surface area contributed by atoms with Crippen LogP contribution in [0.5, 0.6) is 0 Å². The van der Waals surface area contributed by atoms with Crippen LogP contribution in [0.3, 0.4) is 0 Å². The van der Waals surface area contributed by atoms with Crippen LogP contribution >= 0.6 is 0 Å². The van der Waals surface area contributed by atoms with E-state index in [1.165, 1.54) is 24.2 Å². The molecule has 2 heteroatoms. The van der Waals surface area contributed by atoms with Gasteiger partial charge in [0.1, 0.15) is 0 Å². The van der Waals surface area contributed by atoms with E-state index in [9.17, 15) is 0 Å². The number of nitrogens with zero attached hydrogens (tertiary/aromatic N) is 1. The summed E-state index contributed by atoms with van der Waals surface area (Å²) >= 11 is 0. The standard InChI is InChI=1S/C18H32N2/c1-6-19-11-17-8-7-9-18(10-17)14-20(12-15(2)3)13-16(4)5/h7-10,15-16,19H,6,11-14H2,1-5H3. The Morgan fingerprint density at radius 3 is 2.15 bits per heavy atom. The summed E-state index contributed by atoms with van der Waals surface area (Å²) < 4.78 is 0. The van der Waals surface area contributed by atoms with Gasteiger partial charge < -0.3 is 5.32 Å². The number of rotatable bonds is 9. The van der Waals surface area contributed by atoms with Crippen molar-refractivity contribution in [3.63, 3.8) is 0 Å². The highest BCUT2D eigenvalue weighted by atomic mass is 15.1. The lowest BCUT2D eigenvalue weighted by molar-refractivity contribution is 0.211. The average Bonchev–Trinajstić information content (AvgIpc) is 2.35. The summed E-state index contributed by atoms with van der Waals surface area (Å²) in [5.74, 6) is 1.44. The van der Waals surface area contributed by atoms with E-state index in [1.54, 1.807) is 0 Å². The van der Waals surface area contributed by atoms with Crippen LogP contribution in [0.4, 0.5) is 0 Å². The lowest BCUT2D eigenvalue weighted by Gasteiger charge is -2.26. The van der Waals surface area contributed by atoms with Gasteiger partial charge in [-0.2, -0.15) is 0 Å². The lowest BCUT2D eigenvalue weighted by atomic mass is 10.1. The van der Waals surface area contributed by atoms with Gasteiger partial charge in [0.15, 0.2) is 0 Å². The first-order valence-corrected chi connectivity index (χ1v) is 8.02. The lowest BCUT2D eigenvalue weighted by Crippen LogP contribution is -2.31. The summed E-state index contributed by atoms with van der Waals surface area (Å²) in [5.41, 5.74) is 2.82. The molecule has 1 aromatic carbocycles. The summed E-state index contributed by atoms with van der Waals surface area (Å²) in [6.45, 7) is 16.8. The second-order valence-electron chi connectivity index (χ2n) is 6.58. The summed E-state index contributed by atoms with van der Waals surface area (Å²) in [7, 11) is 0. The predicted octanol–water partition coefficient (Wildman–Crippen LogP) is 3.91. The van der Waals surface area contributed by atoms with E-state index in [-0.39, 0.29) is 0 Å². The molecule has 0 saturated carbocycles. The van der Waals surface area contributed by atoms with Gasteiger partial charge in [-0.25, -0.2) is 0 Å². The fourth-order valence-electron chi connectivity index (χ4n) is 2.60. The molecule has 0 heterocycles. The third kappa shape index (κ3) is 7.06. The number of benzene rings is 1. The molecule has 114 valence electrons. The van der Waals surface area contributed by atoms with Gasteiger partial charge in [0.2, 0.25) is 0 Å². The molecule has 0 aliphatic rings. The van der Waals surface area contributed by atoms with Crippen LogP contribution in [0.1, 0.15) is 45.7 Å². The normalized spacial score (nSPS) is 11.8. The first-order valence-electron chi connectivity index (χ1n) is 8.02. The van der Waals surface area contributed by atoms with Crippen molar-refractivity contribution in [2.24, 2.45) is 11.8 Å². The molecule has 1 aromatic rings. The van der Waals surface area contributed by atoms with Crippen LogP contribution in [0, 0.1) is 11.8 Å². The third-order valence-corrected chi connectivity index (χ3v) is 3.22. The van der Waals surface area contributed by atoms with E-state index in [0.29, 0.717) is 0 Å². The van der Waals surface area contributed by atoms with Crippen molar-refractivity contribution in [3.05, 3.63) is 35.4 Å². The highest BCUT2D eigenvalue weighted by Crippen LogP contribution is 2.12. The molecular weight excluding hydrogens is 244 g/mol. The van der Waals surface area contributed by atoms with Gasteiger partial charge in [-0.1, -0.05) is 58.9 Å². The maximum absolute atomic E-state index is 3.40. The van der Waals surface area contributed by atoms with Gasteiger partial charge in [-0.05, 0) is 29.5 Å².